The van der Waals surface area contributed by atoms with Gasteiger partial charge in [-0.1, -0.05) is 0 Å². The zero-order valence-corrected chi connectivity index (χ0v) is 8.61. The van der Waals surface area contributed by atoms with E-state index in [-0.39, 0.29) is 6.42 Å². The van der Waals surface area contributed by atoms with Crippen LogP contribution in [0.5, 0.6) is 0 Å². The zero-order chi connectivity index (χ0) is 11.8. The Labute approximate surface area is 88.5 Å². The van der Waals surface area contributed by atoms with Gasteiger partial charge in [0.25, 0.3) is 0 Å². The summed E-state index contributed by atoms with van der Waals surface area (Å²) in [5.74, 6) is -1.93. The summed E-state index contributed by atoms with van der Waals surface area (Å²) in [4.78, 5) is 21.7. The van der Waals surface area contributed by atoms with Crippen LogP contribution >= 0.6 is 0 Å². The van der Waals surface area contributed by atoms with E-state index < -0.39 is 23.8 Å². The Bertz CT molecular complexity index is 221. The van der Waals surface area contributed by atoms with Crippen molar-refractivity contribution in [2.75, 3.05) is 19.6 Å². The molecule has 0 aliphatic carbocycles. The first-order chi connectivity index (χ1) is 6.99. The molecular weight excluding hydrogens is 198 g/mol. The summed E-state index contributed by atoms with van der Waals surface area (Å²) in [6.07, 6.45) is -0.124. The molecule has 7 heteroatoms. The Morgan fingerprint density at radius 2 is 1.87 bits per heavy atom. The average molecular weight is 217 g/mol. The van der Waals surface area contributed by atoms with Gasteiger partial charge in [0, 0.05) is 32.1 Å². The van der Waals surface area contributed by atoms with Gasteiger partial charge in [-0.25, -0.2) is 0 Å². The van der Waals surface area contributed by atoms with Crippen LogP contribution in [0.1, 0.15) is 6.42 Å². The van der Waals surface area contributed by atoms with E-state index >= 15 is 0 Å². The second-order valence-electron chi connectivity index (χ2n) is 3.34. The van der Waals surface area contributed by atoms with Crippen LogP contribution in [-0.2, 0) is 9.59 Å². The molecule has 0 aliphatic heterocycles. The summed E-state index contributed by atoms with van der Waals surface area (Å²) in [6, 6.07) is -0.526. The highest BCUT2D eigenvalue weighted by atomic mass is 16.2. The van der Waals surface area contributed by atoms with Gasteiger partial charge in [0.15, 0.2) is 0 Å². The molecule has 0 aliphatic rings. The molecule has 0 spiro atoms. The van der Waals surface area contributed by atoms with Gasteiger partial charge in [0.05, 0.1) is 5.92 Å². The molecule has 2 atom stereocenters. The van der Waals surface area contributed by atoms with E-state index in [2.05, 4.69) is 5.32 Å². The minimum atomic E-state index is -0.729. The fourth-order valence-corrected chi connectivity index (χ4v) is 1.19. The van der Waals surface area contributed by atoms with E-state index in [0.717, 1.165) is 0 Å². The molecular formula is C8H19N5O2. The number of amides is 2. The Morgan fingerprint density at radius 3 is 2.27 bits per heavy atom. The van der Waals surface area contributed by atoms with Crippen LogP contribution in [0.25, 0.3) is 0 Å². The monoisotopic (exact) mass is 217 g/mol. The van der Waals surface area contributed by atoms with Gasteiger partial charge in [0.2, 0.25) is 11.8 Å². The summed E-state index contributed by atoms with van der Waals surface area (Å²) in [5, 5.41) is 2.93. The summed E-state index contributed by atoms with van der Waals surface area (Å²) in [7, 11) is 0. The van der Waals surface area contributed by atoms with Gasteiger partial charge in [0.1, 0.15) is 0 Å². The van der Waals surface area contributed by atoms with Crippen LogP contribution in [0.2, 0.25) is 0 Å². The van der Waals surface area contributed by atoms with Crippen LogP contribution < -0.4 is 28.3 Å². The van der Waals surface area contributed by atoms with E-state index in [1.807, 2.05) is 0 Å². The molecule has 2 unspecified atom stereocenters. The summed E-state index contributed by atoms with van der Waals surface area (Å²) in [5.41, 5.74) is 21.1. The smallest absolute Gasteiger partial charge is 0.222 e. The highest BCUT2D eigenvalue weighted by Gasteiger charge is 2.24. The maximum Gasteiger partial charge on any atom is 0.222 e. The lowest BCUT2D eigenvalue weighted by Crippen LogP contribution is -2.47. The van der Waals surface area contributed by atoms with Crippen molar-refractivity contribution in [3.8, 4) is 0 Å². The first-order valence-electron chi connectivity index (χ1n) is 4.73. The lowest BCUT2D eigenvalue weighted by Gasteiger charge is -2.19. The largest absolute Gasteiger partial charge is 0.370 e. The number of hydrogen-bond donors (Lipinski definition) is 5. The number of carbonyl (C=O) groups is 2. The molecule has 15 heavy (non-hydrogen) atoms. The highest BCUT2D eigenvalue weighted by molar-refractivity contribution is 5.84. The van der Waals surface area contributed by atoms with Crippen LogP contribution in [0.3, 0.4) is 0 Å². The third-order valence-electron chi connectivity index (χ3n) is 2.00. The van der Waals surface area contributed by atoms with E-state index in [9.17, 15) is 9.59 Å². The lowest BCUT2D eigenvalue weighted by molar-refractivity contribution is -0.127. The number of primary amides is 2. The fraction of sp³-hybridized carbons (Fsp3) is 0.750. The average Bonchev–Trinajstić information content (AvgIpc) is 2.13. The SMILES string of the molecule is NCCNCC(N)C(CC(N)=O)C(N)=O. The van der Waals surface area contributed by atoms with Gasteiger partial charge in [-0.2, -0.15) is 0 Å². The van der Waals surface area contributed by atoms with E-state index in [1.165, 1.54) is 0 Å². The van der Waals surface area contributed by atoms with Crippen molar-refractivity contribution >= 4 is 11.8 Å². The third kappa shape index (κ3) is 6.00. The number of rotatable bonds is 8. The molecule has 0 rings (SSSR count). The Morgan fingerprint density at radius 1 is 1.27 bits per heavy atom. The Kier molecular flexibility index (Phi) is 6.59. The molecule has 0 aromatic carbocycles. The first kappa shape index (κ1) is 13.8. The summed E-state index contributed by atoms with van der Waals surface area (Å²) < 4.78 is 0. The van der Waals surface area contributed by atoms with Gasteiger partial charge in [-0.15, -0.1) is 0 Å². The molecule has 0 aromatic heterocycles. The number of nitrogens with two attached hydrogens (primary N) is 4. The second kappa shape index (κ2) is 7.16. The topological polar surface area (TPSA) is 150 Å². The standard InChI is InChI=1S/C8H19N5O2/c9-1-2-13-4-6(10)5(8(12)15)3-7(11)14/h5-6,13H,1-4,9-10H2,(H2,11,14)(H2,12,15). The van der Waals surface area contributed by atoms with E-state index in [1.54, 1.807) is 0 Å². The molecule has 2 amide bonds. The number of hydrogen-bond acceptors (Lipinski definition) is 5. The lowest BCUT2D eigenvalue weighted by atomic mass is 9.95. The predicted molar refractivity (Wildman–Crippen MR) is 56.4 cm³/mol. The zero-order valence-electron chi connectivity index (χ0n) is 8.61. The minimum Gasteiger partial charge on any atom is -0.370 e. The van der Waals surface area contributed by atoms with Crippen LogP contribution in [-0.4, -0.2) is 37.5 Å². The summed E-state index contributed by atoms with van der Waals surface area (Å²) >= 11 is 0. The molecule has 0 saturated carbocycles. The maximum atomic E-state index is 11.0. The third-order valence-corrected chi connectivity index (χ3v) is 2.00. The van der Waals surface area contributed by atoms with E-state index in [4.69, 9.17) is 22.9 Å². The predicted octanol–water partition coefficient (Wildman–Crippen LogP) is -3.16. The Balaban J connectivity index is 4.10. The number of nitrogens with one attached hydrogen (secondary N) is 1. The quantitative estimate of drug-likeness (QED) is 0.272. The van der Waals surface area contributed by atoms with Gasteiger partial charge < -0.3 is 28.3 Å². The molecule has 0 heterocycles. The molecule has 0 fully saturated rings. The van der Waals surface area contributed by atoms with Crippen molar-refractivity contribution in [2.45, 2.75) is 12.5 Å². The fourth-order valence-electron chi connectivity index (χ4n) is 1.19. The molecule has 0 aromatic rings. The van der Waals surface area contributed by atoms with Gasteiger partial charge >= 0.3 is 0 Å². The van der Waals surface area contributed by atoms with Crippen molar-refractivity contribution in [3.63, 3.8) is 0 Å². The highest BCUT2D eigenvalue weighted by Crippen LogP contribution is 2.05. The van der Waals surface area contributed by atoms with Crippen LogP contribution in [0.15, 0.2) is 0 Å². The van der Waals surface area contributed by atoms with Crippen molar-refractivity contribution < 1.29 is 9.59 Å². The van der Waals surface area contributed by atoms with Gasteiger partial charge in [-0.3, -0.25) is 9.59 Å². The van der Waals surface area contributed by atoms with Crippen LogP contribution in [0, 0.1) is 5.92 Å². The van der Waals surface area contributed by atoms with Crippen LogP contribution in [0.4, 0.5) is 0 Å². The Hall–Kier alpha value is -1.18. The molecule has 0 bridgehead atoms. The second-order valence-corrected chi connectivity index (χ2v) is 3.34. The molecule has 0 saturated heterocycles. The van der Waals surface area contributed by atoms with Crippen molar-refractivity contribution in [1.29, 1.82) is 0 Å². The molecule has 7 nitrogen and oxygen atoms in total. The maximum absolute atomic E-state index is 11.0. The van der Waals surface area contributed by atoms with Gasteiger partial charge in [-0.05, 0) is 0 Å². The minimum absolute atomic E-state index is 0.124. The van der Waals surface area contributed by atoms with E-state index in [0.29, 0.717) is 19.6 Å². The van der Waals surface area contributed by atoms with Crippen molar-refractivity contribution in [2.24, 2.45) is 28.9 Å². The molecule has 88 valence electrons. The number of carbonyl (C=O) groups excluding carboxylic acids is 2. The molecule has 0 radical (unpaired) electrons. The first-order valence-corrected chi connectivity index (χ1v) is 4.73. The molecule has 9 N–H and O–H groups in total. The normalized spacial score (nSPS) is 14.5. The van der Waals surface area contributed by atoms with Crippen molar-refractivity contribution in [1.82, 2.24) is 5.32 Å². The summed E-state index contributed by atoms with van der Waals surface area (Å²) in [6.45, 7) is 1.44. The van der Waals surface area contributed by atoms with Crippen molar-refractivity contribution in [3.05, 3.63) is 0 Å².